The van der Waals surface area contributed by atoms with Gasteiger partial charge in [0.1, 0.15) is 11.6 Å². The van der Waals surface area contributed by atoms with Crippen LogP contribution in [-0.2, 0) is 0 Å². The number of nitrogens with one attached hydrogen (secondary N) is 1. The van der Waals surface area contributed by atoms with Crippen LogP contribution in [0.3, 0.4) is 0 Å². The first kappa shape index (κ1) is 18.9. The first-order valence-electron chi connectivity index (χ1n) is 7.25. The third-order valence-corrected chi connectivity index (χ3v) is 4.00. The number of hydrogen-bond donors (Lipinski definition) is 3. The Labute approximate surface area is 150 Å². The molecule has 0 spiro atoms. The SMILES string of the molecule is O=C(O)c1cc(F)ccc1Br.O=C(O)c1cc(F)ccc1NC1CC1. The van der Waals surface area contributed by atoms with Gasteiger partial charge >= 0.3 is 11.9 Å². The van der Waals surface area contributed by atoms with Crippen molar-refractivity contribution in [1.29, 1.82) is 0 Å². The summed E-state index contributed by atoms with van der Waals surface area (Å²) in [7, 11) is 0. The van der Waals surface area contributed by atoms with Gasteiger partial charge in [0.25, 0.3) is 0 Å². The molecule has 0 unspecified atom stereocenters. The number of rotatable bonds is 4. The number of benzene rings is 2. The fourth-order valence-electron chi connectivity index (χ4n) is 1.93. The molecule has 5 nitrogen and oxygen atoms in total. The zero-order valence-electron chi connectivity index (χ0n) is 12.8. The van der Waals surface area contributed by atoms with Crippen molar-refractivity contribution in [2.45, 2.75) is 18.9 Å². The molecule has 3 N–H and O–H groups in total. The van der Waals surface area contributed by atoms with Gasteiger partial charge in [-0.15, -0.1) is 0 Å². The van der Waals surface area contributed by atoms with Gasteiger partial charge in [-0.3, -0.25) is 0 Å². The molecule has 0 radical (unpaired) electrons. The van der Waals surface area contributed by atoms with Crippen LogP contribution in [0, 0.1) is 11.6 Å². The van der Waals surface area contributed by atoms with Crippen LogP contribution < -0.4 is 5.32 Å². The van der Waals surface area contributed by atoms with Crippen LogP contribution in [0.2, 0.25) is 0 Å². The molecule has 8 heteroatoms. The second kappa shape index (κ2) is 8.06. The van der Waals surface area contributed by atoms with Gasteiger partial charge in [0.15, 0.2) is 0 Å². The van der Waals surface area contributed by atoms with Crippen LogP contribution in [-0.4, -0.2) is 28.2 Å². The van der Waals surface area contributed by atoms with Gasteiger partial charge < -0.3 is 15.5 Å². The van der Waals surface area contributed by atoms with E-state index >= 15 is 0 Å². The van der Waals surface area contributed by atoms with Crippen LogP contribution in [0.4, 0.5) is 14.5 Å². The molecular formula is C17H14BrF2NO4. The quantitative estimate of drug-likeness (QED) is 0.691. The summed E-state index contributed by atoms with van der Waals surface area (Å²) in [4.78, 5) is 21.1. The molecule has 1 aliphatic rings. The third kappa shape index (κ3) is 5.53. The summed E-state index contributed by atoms with van der Waals surface area (Å²) in [6.45, 7) is 0. The molecule has 132 valence electrons. The molecule has 1 fully saturated rings. The second-order valence-electron chi connectivity index (χ2n) is 5.34. The number of anilines is 1. The van der Waals surface area contributed by atoms with Crippen molar-refractivity contribution in [3.63, 3.8) is 0 Å². The molecule has 0 aromatic heterocycles. The molecule has 0 saturated heterocycles. The van der Waals surface area contributed by atoms with E-state index in [1.54, 1.807) is 0 Å². The van der Waals surface area contributed by atoms with Gasteiger partial charge in [-0.1, -0.05) is 0 Å². The summed E-state index contributed by atoms with van der Waals surface area (Å²) in [5.41, 5.74) is 0.434. The van der Waals surface area contributed by atoms with Crippen molar-refractivity contribution in [1.82, 2.24) is 0 Å². The van der Waals surface area contributed by atoms with E-state index < -0.39 is 23.6 Å². The number of hydrogen-bond acceptors (Lipinski definition) is 3. The van der Waals surface area contributed by atoms with E-state index in [9.17, 15) is 18.4 Å². The average Bonchev–Trinajstić information content (AvgIpc) is 3.36. The van der Waals surface area contributed by atoms with Crippen LogP contribution in [0.5, 0.6) is 0 Å². The Balaban J connectivity index is 0.000000186. The Morgan fingerprint density at radius 3 is 1.96 bits per heavy atom. The average molecular weight is 414 g/mol. The molecule has 0 bridgehead atoms. The molecule has 0 amide bonds. The number of carbonyl (C=O) groups is 2. The second-order valence-corrected chi connectivity index (χ2v) is 6.20. The zero-order valence-corrected chi connectivity index (χ0v) is 14.4. The highest BCUT2D eigenvalue weighted by molar-refractivity contribution is 9.10. The van der Waals surface area contributed by atoms with E-state index in [0.717, 1.165) is 25.0 Å². The first-order chi connectivity index (χ1) is 11.8. The predicted octanol–water partition coefficient (Wildman–Crippen LogP) is 4.38. The molecule has 25 heavy (non-hydrogen) atoms. The Kier molecular flexibility index (Phi) is 6.08. The summed E-state index contributed by atoms with van der Waals surface area (Å²) in [6, 6.07) is 7.64. The maximum absolute atomic E-state index is 12.8. The Morgan fingerprint density at radius 2 is 1.48 bits per heavy atom. The van der Waals surface area contributed by atoms with Gasteiger partial charge in [0, 0.05) is 16.2 Å². The topological polar surface area (TPSA) is 86.6 Å². The summed E-state index contributed by atoms with van der Waals surface area (Å²) in [5, 5.41) is 20.4. The largest absolute Gasteiger partial charge is 0.478 e. The molecule has 0 aliphatic heterocycles. The van der Waals surface area contributed by atoms with E-state index in [0.29, 0.717) is 16.2 Å². The highest BCUT2D eigenvalue weighted by Gasteiger charge is 2.23. The van der Waals surface area contributed by atoms with E-state index in [1.165, 1.54) is 24.3 Å². The molecule has 2 aromatic carbocycles. The minimum atomic E-state index is -1.14. The highest BCUT2D eigenvalue weighted by atomic mass is 79.9. The maximum Gasteiger partial charge on any atom is 0.337 e. The van der Waals surface area contributed by atoms with Crippen LogP contribution in [0.25, 0.3) is 0 Å². The lowest BCUT2D eigenvalue weighted by Crippen LogP contribution is -2.08. The predicted molar refractivity (Wildman–Crippen MR) is 91.1 cm³/mol. The normalized spacial score (nSPS) is 12.8. The number of aromatic carboxylic acids is 2. The van der Waals surface area contributed by atoms with Crippen molar-refractivity contribution in [2.75, 3.05) is 5.32 Å². The monoisotopic (exact) mass is 413 g/mol. The highest BCUT2D eigenvalue weighted by Crippen LogP contribution is 2.27. The summed E-state index contributed by atoms with van der Waals surface area (Å²) in [5.74, 6) is -3.32. The lowest BCUT2D eigenvalue weighted by molar-refractivity contribution is 0.0685. The molecular weight excluding hydrogens is 400 g/mol. The van der Waals surface area contributed by atoms with Gasteiger partial charge in [-0.2, -0.15) is 0 Å². The van der Waals surface area contributed by atoms with Gasteiger partial charge in [0.2, 0.25) is 0 Å². The number of halogens is 3. The van der Waals surface area contributed by atoms with Crippen molar-refractivity contribution in [3.05, 3.63) is 63.6 Å². The fraction of sp³-hybridized carbons (Fsp3) is 0.176. The first-order valence-corrected chi connectivity index (χ1v) is 8.05. The Morgan fingerprint density at radius 1 is 0.960 bits per heavy atom. The molecule has 0 atom stereocenters. The standard InChI is InChI=1S/C10H10FNO2.C7H4BrFO2/c11-6-1-4-9(12-7-2-3-7)8(5-6)10(13)14;8-6-2-1-4(9)3-5(6)7(10)11/h1,4-5,7,12H,2-3H2,(H,13,14);1-3H,(H,10,11). The van der Waals surface area contributed by atoms with E-state index in [1.807, 2.05) is 0 Å². The summed E-state index contributed by atoms with van der Waals surface area (Å²) < 4.78 is 25.6. The Bertz CT molecular complexity index is 809. The number of carboxylic acid groups (broad SMARTS) is 2. The van der Waals surface area contributed by atoms with Crippen molar-refractivity contribution in [2.24, 2.45) is 0 Å². The molecule has 2 aromatic rings. The van der Waals surface area contributed by atoms with Crippen LogP contribution >= 0.6 is 15.9 Å². The minimum absolute atomic E-state index is 0.00287. The molecule has 1 saturated carbocycles. The maximum atomic E-state index is 12.8. The van der Waals surface area contributed by atoms with Crippen molar-refractivity contribution in [3.8, 4) is 0 Å². The zero-order chi connectivity index (χ0) is 18.6. The van der Waals surface area contributed by atoms with Crippen molar-refractivity contribution < 1.29 is 28.6 Å². The van der Waals surface area contributed by atoms with E-state index in [4.69, 9.17) is 10.2 Å². The third-order valence-electron chi connectivity index (χ3n) is 3.31. The minimum Gasteiger partial charge on any atom is -0.478 e. The van der Waals surface area contributed by atoms with Gasteiger partial charge in [-0.05, 0) is 65.2 Å². The fourth-order valence-corrected chi connectivity index (χ4v) is 2.34. The van der Waals surface area contributed by atoms with Crippen molar-refractivity contribution >= 4 is 33.6 Å². The molecule has 0 heterocycles. The van der Waals surface area contributed by atoms with Gasteiger partial charge in [0.05, 0.1) is 11.1 Å². The molecule has 3 rings (SSSR count). The van der Waals surface area contributed by atoms with Gasteiger partial charge in [-0.25, -0.2) is 18.4 Å². The number of carboxylic acids is 2. The smallest absolute Gasteiger partial charge is 0.337 e. The van der Waals surface area contributed by atoms with Crippen LogP contribution in [0.15, 0.2) is 40.9 Å². The Hall–Kier alpha value is -2.48. The molecule has 1 aliphatic carbocycles. The summed E-state index contributed by atoms with van der Waals surface area (Å²) >= 11 is 2.98. The van der Waals surface area contributed by atoms with E-state index in [-0.39, 0.29) is 11.1 Å². The van der Waals surface area contributed by atoms with Crippen LogP contribution in [0.1, 0.15) is 33.6 Å². The lowest BCUT2D eigenvalue weighted by atomic mass is 10.1. The lowest BCUT2D eigenvalue weighted by Gasteiger charge is -2.07. The summed E-state index contributed by atoms with van der Waals surface area (Å²) in [6.07, 6.45) is 2.10. The van der Waals surface area contributed by atoms with E-state index in [2.05, 4.69) is 21.2 Å².